The molecular formula is C42H54N12. The topological polar surface area (TPSA) is 124 Å². The normalized spacial score (nSPS) is 21.6. The van der Waals surface area contributed by atoms with Gasteiger partial charge >= 0.3 is 0 Å². The maximum atomic E-state index is 5.16. The molecule has 0 aliphatic carbocycles. The number of rotatable bonds is 6. The summed E-state index contributed by atoms with van der Waals surface area (Å²) in [5, 5.41) is 0. The molecule has 0 N–H and O–H groups in total. The fraction of sp³-hybridized carbons (Fsp3) is 0.500. The lowest BCUT2D eigenvalue weighted by Crippen LogP contribution is -2.53. The first-order valence-corrected chi connectivity index (χ1v) is 18.8. The molecule has 0 aromatic carbocycles. The molecule has 12 heteroatoms. The Kier molecular flexibility index (Phi) is 8.22. The van der Waals surface area contributed by atoms with Crippen molar-refractivity contribution in [3.8, 4) is 34.6 Å². The monoisotopic (exact) mass is 726 g/mol. The minimum absolute atomic E-state index is 0.306. The van der Waals surface area contributed by atoms with Crippen molar-refractivity contribution in [1.82, 2.24) is 29.9 Å². The van der Waals surface area contributed by atoms with Crippen molar-refractivity contribution in [2.75, 3.05) is 14.7 Å². The van der Waals surface area contributed by atoms with Gasteiger partial charge in [-0.1, -0.05) is 18.2 Å². The molecule has 0 unspecified atom stereocenters. The van der Waals surface area contributed by atoms with E-state index in [-0.39, 0.29) is 33.2 Å². The van der Waals surface area contributed by atoms with Crippen LogP contribution in [0, 0.1) is 0 Å². The third-order valence-electron chi connectivity index (χ3n) is 12.7. The summed E-state index contributed by atoms with van der Waals surface area (Å²) < 4.78 is 0. The summed E-state index contributed by atoms with van der Waals surface area (Å²) in [6.45, 7) is 32.2. The quantitative estimate of drug-likeness (QED) is 0.193. The molecule has 54 heavy (non-hydrogen) atoms. The first-order valence-electron chi connectivity index (χ1n) is 18.8. The number of hydrogen-bond donors (Lipinski definition) is 0. The van der Waals surface area contributed by atoms with E-state index in [0.717, 1.165) is 35.0 Å². The van der Waals surface area contributed by atoms with Gasteiger partial charge in [-0.05, 0) is 140 Å². The van der Waals surface area contributed by atoms with Crippen molar-refractivity contribution >= 4 is 35.0 Å². The Hall–Kier alpha value is -5.13. The van der Waals surface area contributed by atoms with E-state index >= 15 is 0 Å². The molecule has 0 radical (unpaired) electrons. The van der Waals surface area contributed by atoms with Gasteiger partial charge in [-0.15, -0.1) is 0 Å². The first-order chi connectivity index (χ1) is 25.0. The van der Waals surface area contributed by atoms with Gasteiger partial charge in [-0.3, -0.25) is 15.0 Å². The summed E-state index contributed by atoms with van der Waals surface area (Å²) in [6.07, 6.45) is 0. The molecule has 282 valence electrons. The Labute approximate surface area is 320 Å². The van der Waals surface area contributed by atoms with Gasteiger partial charge in [0.2, 0.25) is 0 Å². The summed E-state index contributed by atoms with van der Waals surface area (Å²) in [6, 6.07) is 17.8. The molecule has 0 atom stereocenters. The summed E-state index contributed by atoms with van der Waals surface area (Å²) in [5.74, 6) is 6.31. The second-order valence-electron chi connectivity index (χ2n) is 17.8. The SMILES string of the molecule is CC1=NC(C)(C)C(C)(C)N1c1cccc(-c2nc(-c3cccc(N4C(C)=NC(C)(C)C4(C)C)n3)nc(-c3cccc(N4C(C)=NC(C)(C)C4(C)C)n3)n2)n1. The highest BCUT2D eigenvalue weighted by molar-refractivity contribution is 6.01. The average Bonchev–Trinajstić information content (AvgIpc) is 3.44. The van der Waals surface area contributed by atoms with Crippen molar-refractivity contribution in [3.63, 3.8) is 0 Å². The van der Waals surface area contributed by atoms with Crippen LogP contribution in [0.1, 0.15) is 104 Å². The molecule has 0 bridgehead atoms. The van der Waals surface area contributed by atoms with E-state index in [1.54, 1.807) is 0 Å². The maximum Gasteiger partial charge on any atom is 0.182 e. The predicted molar refractivity (Wildman–Crippen MR) is 221 cm³/mol. The fourth-order valence-electron chi connectivity index (χ4n) is 7.90. The molecular weight excluding hydrogens is 673 g/mol. The van der Waals surface area contributed by atoms with Gasteiger partial charge in [-0.2, -0.15) is 0 Å². The van der Waals surface area contributed by atoms with Crippen molar-refractivity contribution in [1.29, 1.82) is 0 Å². The molecule has 0 spiro atoms. The largest absolute Gasteiger partial charge is 0.307 e. The van der Waals surface area contributed by atoms with Gasteiger partial charge in [0, 0.05) is 0 Å². The van der Waals surface area contributed by atoms with E-state index in [0.29, 0.717) is 34.6 Å². The number of hydrogen-bond acceptors (Lipinski definition) is 12. The number of aliphatic imine (C=N–C) groups is 3. The van der Waals surface area contributed by atoms with Gasteiger partial charge < -0.3 is 14.7 Å². The second-order valence-corrected chi connectivity index (χ2v) is 17.8. The Morgan fingerprint density at radius 3 is 0.796 bits per heavy atom. The van der Waals surface area contributed by atoms with Gasteiger partial charge in [0.05, 0.1) is 33.2 Å². The van der Waals surface area contributed by atoms with Crippen LogP contribution in [0.25, 0.3) is 34.6 Å². The molecule has 0 amide bonds. The van der Waals surface area contributed by atoms with E-state index in [1.807, 2.05) is 75.4 Å². The molecule has 7 rings (SSSR count). The van der Waals surface area contributed by atoms with Gasteiger partial charge in [0.25, 0.3) is 0 Å². The highest BCUT2D eigenvalue weighted by atomic mass is 15.4. The average molecular weight is 727 g/mol. The van der Waals surface area contributed by atoms with Gasteiger partial charge in [0.15, 0.2) is 17.5 Å². The van der Waals surface area contributed by atoms with E-state index in [1.165, 1.54) is 0 Å². The van der Waals surface area contributed by atoms with Crippen molar-refractivity contribution in [2.45, 2.75) is 137 Å². The minimum Gasteiger partial charge on any atom is -0.307 e. The highest BCUT2D eigenvalue weighted by Crippen LogP contribution is 2.43. The molecule has 3 aliphatic heterocycles. The third kappa shape index (κ3) is 5.59. The lowest BCUT2D eigenvalue weighted by molar-refractivity contribution is 0.337. The van der Waals surface area contributed by atoms with Crippen molar-refractivity contribution < 1.29 is 0 Å². The number of anilines is 3. The first kappa shape index (κ1) is 37.2. The number of aromatic nitrogens is 6. The summed E-state index contributed by atoms with van der Waals surface area (Å²) in [4.78, 5) is 52.2. The van der Waals surface area contributed by atoms with Crippen LogP contribution in [0.2, 0.25) is 0 Å². The Balaban J connectivity index is 1.38. The zero-order valence-corrected chi connectivity index (χ0v) is 34.6. The van der Waals surface area contributed by atoms with Crippen LogP contribution >= 0.6 is 0 Å². The standard InChI is InChI=1S/C42H54N12/c1-25-49-37(4,5)40(10,11)52(25)31-22-16-19-28(43-31)34-46-35(29-20-17-23-32(44-29)53-26(2)50-38(6,7)41(53,12)13)48-36(47-34)30-21-18-24-33(45-30)54-27(3)51-39(8,9)42(54,14)15/h16-24H,1-15H3. The van der Waals surface area contributed by atoms with Crippen LogP contribution in [0.3, 0.4) is 0 Å². The van der Waals surface area contributed by atoms with Gasteiger partial charge in [-0.25, -0.2) is 29.9 Å². The van der Waals surface area contributed by atoms with E-state index in [4.69, 9.17) is 44.9 Å². The molecule has 3 aliphatic rings. The molecule has 4 aromatic heterocycles. The molecule has 4 aromatic rings. The van der Waals surface area contributed by atoms with Crippen LogP contribution in [0.4, 0.5) is 17.5 Å². The van der Waals surface area contributed by atoms with Crippen LogP contribution in [0.15, 0.2) is 69.6 Å². The van der Waals surface area contributed by atoms with E-state index in [2.05, 4.69) is 97.8 Å². The zero-order chi connectivity index (χ0) is 39.4. The zero-order valence-electron chi connectivity index (χ0n) is 34.6. The second kappa shape index (κ2) is 11.9. The van der Waals surface area contributed by atoms with Crippen LogP contribution < -0.4 is 14.7 Å². The Morgan fingerprint density at radius 1 is 0.352 bits per heavy atom. The molecule has 0 saturated carbocycles. The lowest BCUT2D eigenvalue weighted by Gasteiger charge is -2.40. The fourth-order valence-corrected chi connectivity index (χ4v) is 7.90. The van der Waals surface area contributed by atoms with Crippen molar-refractivity contribution in [3.05, 3.63) is 54.6 Å². The Bertz CT molecular complexity index is 2000. The van der Waals surface area contributed by atoms with Crippen molar-refractivity contribution in [2.24, 2.45) is 15.0 Å². The van der Waals surface area contributed by atoms with Crippen LogP contribution in [0.5, 0.6) is 0 Å². The molecule has 12 nitrogen and oxygen atoms in total. The van der Waals surface area contributed by atoms with Crippen LogP contribution in [-0.2, 0) is 0 Å². The summed E-state index contributed by atoms with van der Waals surface area (Å²) in [5.41, 5.74) is -0.0423. The number of nitrogens with zero attached hydrogens (tertiary/aromatic N) is 12. The highest BCUT2D eigenvalue weighted by Gasteiger charge is 2.51. The molecule has 0 fully saturated rings. The number of pyridine rings is 3. The predicted octanol–water partition coefficient (Wildman–Crippen LogP) is 8.44. The summed E-state index contributed by atoms with van der Waals surface area (Å²) in [7, 11) is 0. The van der Waals surface area contributed by atoms with Crippen LogP contribution in [-0.4, -0.2) is 80.6 Å². The molecule has 7 heterocycles. The Morgan fingerprint density at radius 2 is 0.593 bits per heavy atom. The maximum absolute atomic E-state index is 5.16. The third-order valence-corrected chi connectivity index (χ3v) is 12.7. The number of amidine groups is 3. The smallest absolute Gasteiger partial charge is 0.182 e. The lowest BCUT2D eigenvalue weighted by atomic mass is 9.83. The summed E-state index contributed by atoms with van der Waals surface area (Å²) >= 11 is 0. The van der Waals surface area contributed by atoms with Gasteiger partial charge in [0.1, 0.15) is 52.0 Å². The van der Waals surface area contributed by atoms with E-state index in [9.17, 15) is 0 Å². The van der Waals surface area contributed by atoms with E-state index < -0.39 is 0 Å². The minimum atomic E-state index is -0.314. The molecule has 0 saturated heterocycles.